The normalized spacial score (nSPS) is 19.3. The summed E-state index contributed by atoms with van der Waals surface area (Å²) in [4.78, 5) is 26.9. The van der Waals surface area contributed by atoms with E-state index in [1.165, 1.54) is 13.8 Å². The number of carboxylic acid groups (broad SMARTS) is 1. The zero-order valence-corrected chi connectivity index (χ0v) is 10.2. The first-order valence-corrected chi connectivity index (χ1v) is 5.57. The highest BCUT2D eigenvalue weighted by Crippen LogP contribution is 2.20. The Morgan fingerprint density at radius 1 is 1.12 bits per heavy atom. The fourth-order valence-electron chi connectivity index (χ4n) is 1.74. The molecule has 0 unspecified atom stereocenters. The fourth-order valence-corrected chi connectivity index (χ4v) is 1.74. The van der Waals surface area contributed by atoms with Crippen LogP contribution < -0.4 is 0 Å². The molecule has 16 heavy (non-hydrogen) atoms. The van der Waals surface area contributed by atoms with Gasteiger partial charge in [-0.1, -0.05) is 0 Å². The van der Waals surface area contributed by atoms with Gasteiger partial charge in [0.1, 0.15) is 5.41 Å². The van der Waals surface area contributed by atoms with Gasteiger partial charge in [0.2, 0.25) is 5.91 Å². The monoisotopic (exact) mass is 228 g/mol. The third-order valence-corrected chi connectivity index (χ3v) is 3.08. The molecular weight excluding hydrogens is 208 g/mol. The van der Waals surface area contributed by atoms with E-state index in [1.807, 2.05) is 7.05 Å². The number of nitrogens with zero attached hydrogens (tertiary/aromatic N) is 2. The molecule has 1 rings (SSSR count). The van der Waals surface area contributed by atoms with Crippen LogP contribution in [0.5, 0.6) is 0 Å². The van der Waals surface area contributed by atoms with E-state index >= 15 is 0 Å². The number of likely N-dealkylation sites (N-methyl/N-ethyl adjacent to an activating group) is 1. The highest BCUT2D eigenvalue weighted by Gasteiger charge is 2.39. The molecule has 1 amide bonds. The van der Waals surface area contributed by atoms with Gasteiger partial charge in [-0.15, -0.1) is 0 Å². The van der Waals surface area contributed by atoms with Crippen LogP contribution >= 0.6 is 0 Å². The summed E-state index contributed by atoms with van der Waals surface area (Å²) in [6, 6.07) is 0. The Kier molecular flexibility index (Phi) is 3.91. The average Bonchev–Trinajstić information content (AvgIpc) is 2.41. The molecule has 0 aromatic rings. The molecule has 92 valence electrons. The Labute approximate surface area is 96.0 Å². The first-order valence-electron chi connectivity index (χ1n) is 5.57. The maximum atomic E-state index is 12.0. The van der Waals surface area contributed by atoms with Crippen molar-refractivity contribution in [1.82, 2.24) is 9.80 Å². The van der Waals surface area contributed by atoms with E-state index in [9.17, 15) is 9.59 Å². The van der Waals surface area contributed by atoms with Gasteiger partial charge in [-0.25, -0.2) is 0 Å². The predicted molar refractivity (Wildman–Crippen MR) is 60.1 cm³/mol. The summed E-state index contributed by atoms with van der Waals surface area (Å²) >= 11 is 0. The highest BCUT2D eigenvalue weighted by atomic mass is 16.4. The molecule has 1 heterocycles. The van der Waals surface area contributed by atoms with Gasteiger partial charge in [0.25, 0.3) is 0 Å². The van der Waals surface area contributed by atoms with Crippen molar-refractivity contribution in [3.8, 4) is 0 Å². The van der Waals surface area contributed by atoms with Crippen LogP contribution in [0.1, 0.15) is 20.3 Å². The summed E-state index contributed by atoms with van der Waals surface area (Å²) in [5.74, 6) is -1.34. The van der Waals surface area contributed by atoms with Gasteiger partial charge in [-0.05, 0) is 33.9 Å². The smallest absolute Gasteiger partial charge is 0.318 e. The summed E-state index contributed by atoms with van der Waals surface area (Å²) in [6.07, 6.45) is 0.901. The Morgan fingerprint density at radius 2 is 1.75 bits per heavy atom. The summed E-state index contributed by atoms with van der Waals surface area (Å²) in [6.45, 7) is 5.96. The van der Waals surface area contributed by atoms with E-state index in [0.717, 1.165) is 19.5 Å². The zero-order chi connectivity index (χ0) is 12.3. The first-order chi connectivity index (χ1) is 7.35. The summed E-state index contributed by atoms with van der Waals surface area (Å²) in [5, 5.41) is 9.01. The number of carbonyl (C=O) groups is 2. The number of amides is 1. The predicted octanol–water partition coefficient (Wildman–Crippen LogP) is 0.261. The second kappa shape index (κ2) is 4.82. The van der Waals surface area contributed by atoms with Gasteiger partial charge < -0.3 is 14.9 Å². The van der Waals surface area contributed by atoms with Gasteiger partial charge in [-0.2, -0.15) is 0 Å². The van der Waals surface area contributed by atoms with Crippen LogP contribution in [0, 0.1) is 5.41 Å². The van der Waals surface area contributed by atoms with E-state index in [0.29, 0.717) is 13.1 Å². The van der Waals surface area contributed by atoms with Crippen molar-refractivity contribution in [2.24, 2.45) is 5.41 Å². The molecular formula is C11H20N2O3. The van der Waals surface area contributed by atoms with Gasteiger partial charge in [-0.3, -0.25) is 9.59 Å². The molecule has 0 aliphatic carbocycles. The van der Waals surface area contributed by atoms with Crippen molar-refractivity contribution in [2.75, 3.05) is 33.2 Å². The Bertz CT molecular complexity index is 289. The lowest BCUT2D eigenvalue weighted by Crippen LogP contribution is -2.46. The fraction of sp³-hybridized carbons (Fsp3) is 0.818. The Hall–Kier alpha value is -1.10. The van der Waals surface area contributed by atoms with Crippen LogP contribution in [-0.2, 0) is 9.59 Å². The average molecular weight is 228 g/mol. The SMILES string of the molecule is CN1CCCN(C(=O)C(C)(C)C(=O)O)CC1. The van der Waals surface area contributed by atoms with Crippen LogP contribution in [-0.4, -0.2) is 60.0 Å². The van der Waals surface area contributed by atoms with Crippen LogP contribution in [0.2, 0.25) is 0 Å². The zero-order valence-electron chi connectivity index (χ0n) is 10.2. The highest BCUT2D eigenvalue weighted by molar-refractivity contribution is 6.00. The van der Waals surface area contributed by atoms with Gasteiger partial charge >= 0.3 is 5.97 Å². The van der Waals surface area contributed by atoms with E-state index in [2.05, 4.69) is 4.90 Å². The van der Waals surface area contributed by atoms with Gasteiger partial charge in [0.15, 0.2) is 0 Å². The number of carbonyl (C=O) groups excluding carboxylic acids is 1. The largest absolute Gasteiger partial charge is 0.480 e. The molecule has 0 aromatic heterocycles. The topological polar surface area (TPSA) is 60.9 Å². The summed E-state index contributed by atoms with van der Waals surface area (Å²) in [5.41, 5.74) is -1.32. The van der Waals surface area contributed by atoms with Crippen molar-refractivity contribution < 1.29 is 14.7 Å². The second-order valence-corrected chi connectivity index (χ2v) is 4.88. The molecule has 5 heteroatoms. The van der Waals surface area contributed by atoms with Crippen molar-refractivity contribution >= 4 is 11.9 Å². The minimum Gasteiger partial charge on any atom is -0.480 e. The van der Waals surface area contributed by atoms with Crippen LogP contribution in [0.3, 0.4) is 0 Å². The van der Waals surface area contributed by atoms with Crippen LogP contribution in [0.4, 0.5) is 0 Å². The molecule has 0 atom stereocenters. The molecule has 0 spiro atoms. The summed E-state index contributed by atoms with van der Waals surface area (Å²) < 4.78 is 0. The lowest BCUT2D eigenvalue weighted by molar-refractivity contribution is -0.158. The third kappa shape index (κ3) is 2.72. The molecule has 0 aromatic carbocycles. The molecule has 1 aliphatic rings. The van der Waals surface area contributed by atoms with E-state index < -0.39 is 11.4 Å². The molecule has 1 saturated heterocycles. The van der Waals surface area contributed by atoms with Crippen molar-refractivity contribution in [1.29, 1.82) is 0 Å². The van der Waals surface area contributed by atoms with Crippen molar-refractivity contribution in [2.45, 2.75) is 20.3 Å². The maximum absolute atomic E-state index is 12.0. The van der Waals surface area contributed by atoms with E-state index in [4.69, 9.17) is 5.11 Å². The number of carboxylic acids is 1. The van der Waals surface area contributed by atoms with Gasteiger partial charge in [0.05, 0.1) is 0 Å². The Morgan fingerprint density at radius 3 is 2.31 bits per heavy atom. The molecule has 1 fully saturated rings. The molecule has 0 radical (unpaired) electrons. The summed E-state index contributed by atoms with van der Waals surface area (Å²) in [7, 11) is 2.01. The first kappa shape index (κ1) is 13.0. The second-order valence-electron chi connectivity index (χ2n) is 4.88. The van der Waals surface area contributed by atoms with Crippen LogP contribution in [0.25, 0.3) is 0 Å². The lowest BCUT2D eigenvalue weighted by Gasteiger charge is -2.28. The minimum absolute atomic E-state index is 0.282. The van der Waals surface area contributed by atoms with Crippen LogP contribution in [0.15, 0.2) is 0 Å². The number of hydrogen-bond acceptors (Lipinski definition) is 3. The number of hydrogen-bond donors (Lipinski definition) is 1. The third-order valence-electron chi connectivity index (χ3n) is 3.08. The lowest BCUT2D eigenvalue weighted by atomic mass is 9.92. The van der Waals surface area contributed by atoms with E-state index in [-0.39, 0.29) is 5.91 Å². The molecule has 0 saturated carbocycles. The maximum Gasteiger partial charge on any atom is 0.318 e. The number of aliphatic carboxylic acids is 1. The number of rotatable bonds is 2. The molecule has 5 nitrogen and oxygen atoms in total. The Balaban J connectivity index is 2.70. The quantitative estimate of drug-likeness (QED) is 0.689. The molecule has 1 aliphatic heterocycles. The standard InChI is InChI=1S/C11H20N2O3/c1-11(2,10(15)16)9(14)13-6-4-5-12(3)7-8-13/h4-8H2,1-3H3,(H,15,16). The van der Waals surface area contributed by atoms with Crippen molar-refractivity contribution in [3.05, 3.63) is 0 Å². The minimum atomic E-state index is -1.32. The molecule has 1 N–H and O–H groups in total. The van der Waals surface area contributed by atoms with Crippen molar-refractivity contribution in [3.63, 3.8) is 0 Å². The van der Waals surface area contributed by atoms with E-state index in [1.54, 1.807) is 4.90 Å². The molecule has 0 bridgehead atoms. The van der Waals surface area contributed by atoms with Gasteiger partial charge in [0, 0.05) is 19.6 Å².